The molecule has 0 aromatic heterocycles. The SMILES string of the molecule is CCNC(=O)[C@H](C)NC(=O)C1CCN(S(=O)(=O)c2ccc(C#N)cc2)CC1. The lowest BCUT2D eigenvalue weighted by molar-refractivity contribution is -0.131. The maximum atomic E-state index is 12.7. The van der Waals surface area contributed by atoms with E-state index in [4.69, 9.17) is 5.26 Å². The molecule has 1 aromatic carbocycles. The highest BCUT2D eigenvalue weighted by atomic mass is 32.2. The van der Waals surface area contributed by atoms with Crippen molar-refractivity contribution in [3.8, 4) is 6.07 Å². The lowest BCUT2D eigenvalue weighted by Crippen LogP contribution is -2.49. The van der Waals surface area contributed by atoms with E-state index in [1.807, 2.05) is 6.07 Å². The third-order valence-corrected chi connectivity index (χ3v) is 6.46. The summed E-state index contributed by atoms with van der Waals surface area (Å²) in [5, 5.41) is 14.1. The molecule has 9 heteroatoms. The first-order chi connectivity index (χ1) is 12.8. The molecule has 1 aromatic rings. The zero-order chi connectivity index (χ0) is 20.0. The number of piperidine rings is 1. The molecule has 27 heavy (non-hydrogen) atoms. The van der Waals surface area contributed by atoms with Gasteiger partial charge in [0, 0.05) is 25.6 Å². The summed E-state index contributed by atoms with van der Waals surface area (Å²) >= 11 is 0. The number of amides is 2. The highest BCUT2D eigenvalue weighted by Crippen LogP contribution is 2.24. The van der Waals surface area contributed by atoms with Crippen molar-refractivity contribution in [2.24, 2.45) is 5.92 Å². The second-order valence-corrected chi connectivity index (χ2v) is 8.38. The van der Waals surface area contributed by atoms with Gasteiger partial charge in [-0.05, 0) is 51.0 Å². The fourth-order valence-electron chi connectivity index (χ4n) is 2.93. The maximum Gasteiger partial charge on any atom is 0.243 e. The van der Waals surface area contributed by atoms with Gasteiger partial charge in [0.05, 0.1) is 16.5 Å². The van der Waals surface area contributed by atoms with Crippen LogP contribution in [0.15, 0.2) is 29.2 Å². The lowest BCUT2D eigenvalue weighted by Gasteiger charge is -2.31. The Hall–Kier alpha value is -2.44. The molecule has 2 rings (SSSR count). The van der Waals surface area contributed by atoms with Crippen molar-refractivity contribution in [3.63, 3.8) is 0 Å². The Labute approximate surface area is 159 Å². The number of carbonyl (C=O) groups excluding carboxylic acids is 2. The lowest BCUT2D eigenvalue weighted by atomic mass is 9.97. The molecular formula is C18H24N4O4S. The molecule has 0 unspecified atom stereocenters. The number of rotatable bonds is 6. The van der Waals surface area contributed by atoms with Crippen molar-refractivity contribution in [1.82, 2.24) is 14.9 Å². The second kappa shape index (κ2) is 8.97. The molecule has 0 bridgehead atoms. The minimum atomic E-state index is -3.65. The van der Waals surface area contributed by atoms with E-state index >= 15 is 0 Å². The van der Waals surface area contributed by atoms with Gasteiger partial charge >= 0.3 is 0 Å². The Morgan fingerprint density at radius 3 is 2.37 bits per heavy atom. The molecule has 1 heterocycles. The number of sulfonamides is 1. The van der Waals surface area contributed by atoms with E-state index in [1.54, 1.807) is 13.8 Å². The van der Waals surface area contributed by atoms with Crippen molar-refractivity contribution >= 4 is 21.8 Å². The van der Waals surface area contributed by atoms with Crippen molar-refractivity contribution < 1.29 is 18.0 Å². The maximum absolute atomic E-state index is 12.7. The summed E-state index contributed by atoms with van der Waals surface area (Å²) < 4.78 is 26.7. The van der Waals surface area contributed by atoms with E-state index in [1.165, 1.54) is 28.6 Å². The van der Waals surface area contributed by atoms with Gasteiger partial charge in [0.1, 0.15) is 6.04 Å². The second-order valence-electron chi connectivity index (χ2n) is 6.44. The summed E-state index contributed by atoms with van der Waals surface area (Å²) in [6.07, 6.45) is 0.785. The molecule has 0 radical (unpaired) electrons. The van der Waals surface area contributed by atoms with E-state index in [9.17, 15) is 18.0 Å². The third-order valence-electron chi connectivity index (χ3n) is 4.55. The summed E-state index contributed by atoms with van der Waals surface area (Å²) in [4.78, 5) is 24.2. The van der Waals surface area contributed by atoms with E-state index < -0.39 is 16.1 Å². The minimum absolute atomic E-state index is 0.134. The molecule has 1 aliphatic heterocycles. The zero-order valence-corrected chi connectivity index (χ0v) is 16.3. The van der Waals surface area contributed by atoms with Gasteiger partial charge in [0.25, 0.3) is 0 Å². The molecule has 1 saturated heterocycles. The standard InChI is InChI=1S/C18H24N4O4S/c1-3-20-17(23)13(2)21-18(24)15-8-10-22(11-9-15)27(25,26)16-6-4-14(12-19)5-7-16/h4-7,13,15H,3,8-11H2,1-2H3,(H,20,23)(H,21,24)/t13-/m0/s1. The summed E-state index contributed by atoms with van der Waals surface area (Å²) in [5.74, 6) is -0.801. The van der Waals surface area contributed by atoms with E-state index in [2.05, 4.69) is 10.6 Å². The topological polar surface area (TPSA) is 119 Å². The molecule has 1 fully saturated rings. The van der Waals surface area contributed by atoms with Crippen LogP contribution in [0, 0.1) is 17.2 Å². The number of nitrogens with zero attached hydrogens (tertiary/aromatic N) is 2. The monoisotopic (exact) mass is 392 g/mol. The molecule has 146 valence electrons. The molecule has 0 spiro atoms. The summed E-state index contributed by atoms with van der Waals surface area (Å²) in [5.41, 5.74) is 0.394. The van der Waals surface area contributed by atoms with Gasteiger partial charge in [-0.2, -0.15) is 9.57 Å². The highest BCUT2D eigenvalue weighted by Gasteiger charge is 2.32. The van der Waals surface area contributed by atoms with Crippen LogP contribution < -0.4 is 10.6 Å². The van der Waals surface area contributed by atoms with Gasteiger partial charge in [-0.1, -0.05) is 0 Å². The number of likely N-dealkylation sites (N-methyl/N-ethyl adjacent to an activating group) is 1. The van der Waals surface area contributed by atoms with Crippen molar-refractivity contribution in [2.75, 3.05) is 19.6 Å². The van der Waals surface area contributed by atoms with Gasteiger partial charge in [-0.25, -0.2) is 8.42 Å². The number of nitrogens with one attached hydrogen (secondary N) is 2. The Morgan fingerprint density at radius 1 is 1.26 bits per heavy atom. The van der Waals surface area contributed by atoms with E-state index in [-0.39, 0.29) is 35.7 Å². The third kappa shape index (κ3) is 5.05. The average molecular weight is 392 g/mol. The Bertz CT molecular complexity index is 822. The van der Waals surface area contributed by atoms with Gasteiger partial charge in [-0.15, -0.1) is 0 Å². The van der Waals surface area contributed by atoms with Crippen LogP contribution >= 0.6 is 0 Å². The van der Waals surface area contributed by atoms with Crippen molar-refractivity contribution in [1.29, 1.82) is 5.26 Å². The van der Waals surface area contributed by atoms with Crippen LogP contribution in [-0.2, 0) is 19.6 Å². The molecule has 2 N–H and O–H groups in total. The summed E-state index contributed by atoms with van der Waals surface area (Å²) in [6, 6.07) is 7.10. The summed E-state index contributed by atoms with van der Waals surface area (Å²) in [6.45, 7) is 4.38. The van der Waals surface area contributed by atoms with Crippen LogP contribution in [-0.4, -0.2) is 50.2 Å². The molecule has 0 aliphatic carbocycles. The van der Waals surface area contributed by atoms with Crippen LogP contribution in [0.3, 0.4) is 0 Å². The van der Waals surface area contributed by atoms with Crippen LogP contribution in [0.25, 0.3) is 0 Å². The predicted octanol–water partition coefficient (Wildman–Crippen LogP) is 0.600. The van der Waals surface area contributed by atoms with Crippen molar-refractivity contribution in [2.45, 2.75) is 37.6 Å². The summed E-state index contributed by atoms with van der Waals surface area (Å²) in [7, 11) is -3.65. The predicted molar refractivity (Wildman–Crippen MR) is 98.9 cm³/mol. The van der Waals surface area contributed by atoms with E-state index in [0.717, 1.165) is 0 Å². The minimum Gasteiger partial charge on any atom is -0.355 e. The van der Waals surface area contributed by atoms with Gasteiger partial charge in [0.2, 0.25) is 21.8 Å². The molecule has 1 atom stereocenters. The first-order valence-electron chi connectivity index (χ1n) is 8.88. The highest BCUT2D eigenvalue weighted by molar-refractivity contribution is 7.89. The number of hydrogen-bond donors (Lipinski definition) is 2. The van der Waals surface area contributed by atoms with Crippen LogP contribution in [0.5, 0.6) is 0 Å². The molecular weight excluding hydrogens is 368 g/mol. The first kappa shape index (κ1) is 20.9. The largest absolute Gasteiger partial charge is 0.355 e. The quantitative estimate of drug-likeness (QED) is 0.735. The molecule has 1 aliphatic rings. The first-order valence-corrected chi connectivity index (χ1v) is 10.3. The number of carbonyl (C=O) groups is 2. The fourth-order valence-corrected chi connectivity index (χ4v) is 4.40. The number of hydrogen-bond acceptors (Lipinski definition) is 5. The van der Waals surface area contributed by atoms with Gasteiger partial charge in [-0.3, -0.25) is 9.59 Å². The fraction of sp³-hybridized carbons (Fsp3) is 0.500. The molecule has 8 nitrogen and oxygen atoms in total. The van der Waals surface area contributed by atoms with Crippen LogP contribution in [0.1, 0.15) is 32.3 Å². The Balaban J connectivity index is 1.94. The Morgan fingerprint density at radius 2 is 1.85 bits per heavy atom. The van der Waals surface area contributed by atoms with E-state index in [0.29, 0.717) is 24.9 Å². The average Bonchev–Trinajstić information content (AvgIpc) is 2.68. The smallest absolute Gasteiger partial charge is 0.243 e. The van der Waals surface area contributed by atoms with Gasteiger partial charge < -0.3 is 10.6 Å². The Kier molecular flexibility index (Phi) is 6.93. The van der Waals surface area contributed by atoms with Gasteiger partial charge in [0.15, 0.2) is 0 Å². The zero-order valence-electron chi connectivity index (χ0n) is 15.4. The number of benzene rings is 1. The number of nitriles is 1. The van der Waals surface area contributed by atoms with Crippen LogP contribution in [0.4, 0.5) is 0 Å². The molecule has 0 saturated carbocycles. The van der Waals surface area contributed by atoms with Crippen molar-refractivity contribution in [3.05, 3.63) is 29.8 Å². The molecule has 2 amide bonds. The van der Waals surface area contributed by atoms with Crippen LogP contribution in [0.2, 0.25) is 0 Å². The normalized spacial score (nSPS) is 16.9.